The van der Waals surface area contributed by atoms with Crippen molar-refractivity contribution < 1.29 is 5.11 Å². The molecule has 3 heteroatoms. The van der Waals surface area contributed by atoms with Gasteiger partial charge >= 0.3 is 0 Å². The summed E-state index contributed by atoms with van der Waals surface area (Å²) in [6.45, 7) is 0. The van der Waals surface area contributed by atoms with Gasteiger partial charge in [0.2, 0.25) is 0 Å². The number of halogens is 1. The van der Waals surface area contributed by atoms with Crippen molar-refractivity contribution in [2.45, 2.75) is 24.9 Å². The first kappa shape index (κ1) is 8.20. The Morgan fingerprint density at radius 3 is 2.75 bits per heavy atom. The van der Waals surface area contributed by atoms with Crippen molar-refractivity contribution >= 4 is 15.9 Å². The Morgan fingerprint density at radius 1 is 1.50 bits per heavy atom. The molecule has 1 fully saturated rings. The highest BCUT2D eigenvalue weighted by Gasteiger charge is 2.37. The van der Waals surface area contributed by atoms with Crippen LogP contribution in [0.3, 0.4) is 0 Å². The van der Waals surface area contributed by atoms with Crippen LogP contribution in [0.25, 0.3) is 0 Å². The standard InChI is InChI=1S/C9H10BrNO/c10-7-2-5-11-8(6-7)9(12)3-1-4-9/h2,5-6,12H,1,3-4H2. The third-order valence-corrected chi connectivity index (χ3v) is 2.87. The first-order chi connectivity index (χ1) is 5.71. The van der Waals surface area contributed by atoms with Crippen LogP contribution in [-0.2, 0) is 5.60 Å². The van der Waals surface area contributed by atoms with E-state index >= 15 is 0 Å². The van der Waals surface area contributed by atoms with Gasteiger partial charge < -0.3 is 5.11 Å². The normalized spacial score (nSPS) is 20.2. The van der Waals surface area contributed by atoms with Gasteiger partial charge in [-0.1, -0.05) is 15.9 Å². The van der Waals surface area contributed by atoms with E-state index in [1.807, 2.05) is 12.1 Å². The Hall–Kier alpha value is -0.410. The molecule has 1 aliphatic rings. The Bertz CT molecular complexity index is 296. The number of aromatic nitrogens is 1. The number of rotatable bonds is 1. The predicted molar refractivity (Wildman–Crippen MR) is 49.7 cm³/mol. The molecule has 0 amide bonds. The van der Waals surface area contributed by atoms with E-state index in [9.17, 15) is 5.11 Å². The fourth-order valence-corrected chi connectivity index (χ4v) is 1.76. The first-order valence-electron chi connectivity index (χ1n) is 4.05. The maximum absolute atomic E-state index is 9.92. The van der Waals surface area contributed by atoms with Crippen LogP contribution in [0.1, 0.15) is 25.0 Å². The minimum atomic E-state index is -0.635. The number of hydrogen-bond donors (Lipinski definition) is 1. The van der Waals surface area contributed by atoms with E-state index in [4.69, 9.17) is 0 Å². The minimum Gasteiger partial charge on any atom is -0.384 e. The molecule has 0 atom stereocenters. The van der Waals surface area contributed by atoms with E-state index in [0.717, 1.165) is 29.4 Å². The fraction of sp³-hybridized carbons (Fsp3) is 0.444. The SMILES string of the molecule is OC1(c2cc(Br)ccn2)CCC1. The van der Waals surface area contributed by atoms with Crippen LogP contribution in [-0.4, -0.2) is 10.1 Å². The highest BCUT2D eigenvalue weighted by Crippen LogP contribution is 2.40. The Labute approximate surface area is 79.8 Å². The van der Waals surface area contributed by atoms with Gasteiger partial charge in [-0.15, -0.1) is 0 Å². The van der Waals surface area contributed by atoms with Crippen molar-refractivity contribution in [1.82, 2.24) is 4.98 Å². The predicted octanol–water partition coefficient (Wildman–Crippen LogP) is 2.22. The van der Waals surface area contributed by atoms with Crippen LogP contribution in [0.5, 0.6) is 0 Å². The highest BCUT2D eigenvalue weighted by atomic mass is 79.9. The van der Waals surface area contributed by atoms with Gasteiger partial charge in [-0.2, -0.15) is 0 Å². The monoisotopic (exact) mass is 227 g/mol. The average molecular weight is 228 g/mol. The van der Waals surface area contributed by atoms with E-state index in [1.54, 1.807) is 6.20 Å². The van der Waals surface area contributed by atoms with Crippen LogP contribution in [0.15, 0.2) is 22.8 Å². The van der Waals surface area contributed by atoms with Crippen LogP contribution in [0.4, 0.5) is 0 Å². The Morgan fingerprint density at radius 2 is 2.25 bits per heavy atom. The maximum atomic E-state index is 9.92. The smallest absolute Gasteiger partial charge is 0.107 e. The number of nitrogens with zero attached hydrogens (tertiary/aromatic N) is 1. The molecular weight excluding hydrogens is 218 g/mol. The second kappa shape index (κ2) is 2.82. The average Bonchev–Trinajstić information content (AvgIpc) is 2.00. The topological polar surface area (TPSA) is 33.1 Å². The summed E-state index contributed by atoms with van der Waals surface area (Å²) in [6.07, 6.45) is 4.51. The van der Waals surface area contributed by atoms with Crippen LogP contribution in [0, 0.1) is 0 Å². The Kier molecular flexibility index (Phi) is 1.93. The van der Waals surface area contributed by atoms with Gasteiger partial charge in [0.1, 0.15) is 5.60 Å². The van der Waals surface area contributed by atoms with Gasteiger partial charge in [0.15, 0.2) is 0 Å². The Balaban J connectivity index is 2.33. The van der Waals surface area contributed by atoms with E-state index in [0.29, 0.717) is 0 Å². The molecule has 1 saturated carbocycles. The molecule has 1 N–H and O–H groups in total. The van der Waals surface area contributed by atoms with E-state index in [1.165, 1.54) is 0 Å². The zero-order valence-electron chi connectivity index (χ0n) is 6.63. The second-order valence-electron chi connectivity index (χ2n) is 3.24. The van der Waals surface area contributed by atoms with Crippen molar-refractivity contribution in [3.05, 3.63) is 28.5 Å². The molecule has 2 rings (SSSR count). The number of hydrogen-bond acceptors (Lipinski definition) is 2. The van der Waals surface area contributed by atoms with E-state index in [2.05, 4.69) is 20.9 Å². The highest BCUT2D eigenvalue weighted by molar-refractivity contribution is 9.10. The summed E-state index contributed by atoms with van der Waals surface area (Å²) in [5, 5.41) is 9.92. The first-order valence-corrected chi connectivity index (χ1v) is 4.84. The number of pyridine rings is 1. The largest absolute Gasteiger partial charge is 0.384 e. The molecule has 64 valence electrons. The van der Waals surface area contributed by atoms with Crippen molar-refractivity contribution in [2.24, 2.45) is 0 Å². The molecule has 0 aliphatic heterocycles. The summed E-state index contributed by atoms with van der Waals surface area (Å²) in [7, 11) is 0. The molecule has 2 nitrogen and oxygen atoms in total. The molecule has 1 aromatic rings. The quantitative estimate of drug-likeness (QED) is 0.799. The fourth-order valence-electron chi connectivity index (χ4n) is 1.43. The molecule has 1 aliphatic carbocycles. The zero-order valence-corrected chi connectivity index (χ0v) is 8.21. The molecule has 0 radical (unpaired) electrons. The van der Waals surface area contributed by atoms with Crippen LogP contribution < -0.4 is 0 Å². The molecule has 0 bridgehead atoms. The van der Waals surface area contributed by atoms with Gasteiger partial charge in [0, 0.05) is 10.7 Å². The minimum absolute atomic E-state index is 0.635. The number of aliphatic hydroxyl groups is 1. The van der Waals surface area contributed by atoms with Crippen molar-refractivity contribution in [2.75, 3.05) is 0 Å². The molecule has 0 unspecified atom stereocenters. The lowest BCUT2D eigenvalue weighted by molar-refractivity contribution is -0.0426. The van der Waals surface area contributed by atoms with Gasteiger partial charge in [0.05, 0.1) is 5.69 Å². The third-order valence-electron chi connectivity index (χ3n) is 2.38. The zero-order chi connectivity index (χ0) is 8.60. The second-order valence-corrected chi connectivity index (χ2v) is 4.16. The molecule has 0 spiro atoms. The van der Waals surface area contributed by atoms with Crippen molar-refractivity contribution in [3.8, 4) is 0 Å². The summed E-state index contributed by atoms with van der Waals surface area (Å²) < 4.78 is 0.979. The summed E-state index contributed by atoms with van der Waals surface area (Å²) in [5.74, 6) is 0. The van der Waals surface area contributed by atoms with Gasteiger partial charge in [-0.3, -0.25) is 4.98 Å². The van der Waals surface area contributed by atoms with Gasteiger partial charge in [0.25, 0.3) is 0 Å². The van der Waals surface area contributed by atoms with E-state index < -0.39 is 5.60 Å². The summed E-state index contributed by atoms with van der Waals surface area (Å²) in [6, 6.07) is 3.75. The lowest BCUT2D eigenvalue weighted by Crippen LogP contribution is -2.34. The molecule has 0 saturated heterocycles. The lowest BCUT2D eigenvalue weighted by atomic mass is 9.78. The van der Waals surface area contributed by atoms with Crippen molar-refractivity contribution in [3.63, 3.8) is 0 Å². The van der Waals surface area contributed by atoms with Crippen molar-refractivity contribution in [1.29, 1.82) is 0 Å². The molecule has 0 aromatic carbocycles. The van der Waals surface area contributed by atoms with Gasteiger partial charge in [-0.25, -0.2) is 0 Å². The van der Waals surface area contributed by atoms with E-state index in [-0.39, 0.29) is 0 Å². The lowest BCUT2D eigenvalue weighted by Gasteiger charge is -2.35. The summed E-state index contributed by atoms with van der Waals surface area (Å²) >= 11 is 3.36. The third kappa shape index (κ3) is 1.27. The molecule has 12 heavy (non-hydrogen) atoms. The summed E-state index contributed by atoms with van der Waals surface area (Å²) in [5.41, 5.74) is 0.159. The van der Waals surface area contributed by atoms with Crippen LogP contribution >= 0.6 is 15.9 Å². The molecule has 1 aromatic heterocycles. The van der Waals surface area contributed by atoms with Gasteiger partial charge in [-0.05, 0) is 31.4 Å². The summed E-state index contributed by atoms with van der Waals surface area (Å²) in [4.78, 5) is 4.15. The molecular formula is C9H10BrNO. The maximum Gasteiger partial charge on any atom is 0.107 e. The molecule has 1 heterocycles. The van der Waals surface area contributed by atoms with Crippen LogP contribution in [0.2, 0.25) is 0 Å².